The van der Waals surface area contributed by atoms with Crippen molar-refractivity contribution in [2.75, 3.05) is 26.2 Å². The molecule has 2 amide bonds. The lowest BCUT2D eigenvalue weighted by Crippen LogP contribution is -2.38. The molecular formula is C22H27N3O2. The molecule has 1 aromatic heterocycles. The van der Waals surface area contributed by atoms with Crippen LogP contribution in [0.4, 0.5) is 0 Å². The highest BCUT2D eigenvalue weighted by atomic mass is 16.2. The van der Waals surface area contributed by atoms with Gasteiger partial charge in [0.2, 0.25) is 5.91 Å². The summed E-state index contributed by atoms with van der Waals surface area (Å²) in [5.74, 6) is 0.184. The molecule has 1 aromatic carbocycles. The Hall–Kier alpha value is -2.56. The maximum absolute atomic E-state index is 12.8. The van der Waals surface area contributed by atoms with E-state index in [1.165, 1.54) is 30.4 Å². The largest absolute Gasteiger partial charge is 0.357 e. The Morgan fingerprint density at radius 1 is 0.889 bits per heavy atom. The summed E-state index contributed by atoms with van der Waals surface area (Å²) in [6.45, 7) is 2.61. The Morgan fingerprint density at radius 2 is 1.67 bits per heavy atom. The first-order valence-corrected chi connectivity index (χ1v) is 10.0. The van der Waals surface area contributed by atoms with Crippen LogP contribution in [0.2, 0.25) is 0 Å². The van der Waals surface area contributed by atoms with Crippen molar-refractivity contribution in [3.8, 4) is 0 Å². The molecule has 5 heteroatoms. The highest BCUT2D eigenvalue weighted by Crippen LogP contribution is 2.22. The normalized spacial score (nSPS) is 17.3. The van der Waals surface area contributed by atoms with E-state index >= 15 is 0 Å². The Morgan fingerprint density at radius 3 is 2.48 bits per heavy atom. The number of amides is 2. The van der Waals surface area contributed by atoms with E-state index in [-0.39, 0.29) is 11.8 Å². The molecule has 1 fully saturated rings. The van der Waals surface area contributed by atoms with E-state index in [9.17, 15) is 9.59 Å². The highest BCUT2D eigenvalue weighted by molar-refractivity contribution is 5.92. The molecular weight excluding hydrogens is 338 g/mol. The molecule has 0 spiro atoms. The average molecular weight is 365 g/mol. The summed E-state index contributed by atoms with van der Waals surface area (Å²) in [4.78, 5) is 32.1. The van der Waals surface area contributed by atoms with Crippen LogP contribution in [-0.2, 0) is 24.1 Å². The summed E-state index contributed by atoms with van der Waals surface area (Å²) < 4.78 is 0. The van der Waals surface area contributed by atoms with Crippen LogP contribution in [0, 0.1) is 0 Å². The number of benzene rings is 1. The SMILES string of the molecule is O=C(Cc1ccc2c(c1)CCCC2)N1CCCN(C(=O)c2ccc[nH]2)CC1. The molecule has 4 rings (SSSR count). The first-order valence-electron chi connectivity index (χ1n) is 10.0. The van der Waals surface area contributed by atoms with E-state index < -0.39 is 0 Å². The van der Waals surface area contributed by atoms with Crippen LogP contribution >= 0.6 is 0 Å². The van der Waals surface area contributed by atoms with Crippen LogP contribution in [-0.4, -0.2) is 52.8 Å². The summed E-state index contributed by atoms with van der Waals surface area (Å²) in [6, 6.07) is 10.2. The third-order valence-electron chi connectivity index (χ3n) is 5.73. The summed E-state index contributed by atoms with van der Waals surface area (Å²) in [6.07, 6.45) is 7.87. The molecule has 0 radical (unpaired) electrons. The number of hydrogen-bond donors (Lipinski definition) is 1. The third-order valence-corrected chi connectivity index (χ3v) is 5.73. The Labute approximate surface area is 160 Å². The van der Waals surface area contributed by atoms with Crippen LogP contribution in [0.15, 0.2) is 36.5 Å². The van der Waals surface area contributed by atoms with E-state index in [1.54, 1.807) is 12.3 Å². The first-order chi connectivity index (χ1) is 13.2. The molecule has 1 saturated heterocycles. The number of carbonyl (C=O) groups is 2. The zero-order valence-electron chi connectivity index (χ0n) is 15.7. The number of nitrogens with zero attached hydrogens (tertiary/aromatic N) is 2. The fourth-order valence-corrected chi connectivity index (χ4v) is 4.19. The van der Waals surface area contributed by atoms with Gasteiger partial charge in [-0.05, 0) is 60.9 Å². The molecule has 142 valence electrons. The van der Waals surface area contributed by atoms with Gasteiger partial charge in [-0.3, -0.25) is 9.59 Å². The minimum absolute atomic E-state index is 0.0176. The standard InChI is InChI=1S/C22H27N3O2/c26-21(16-17-8-9-18-5-1-2-6-19(18)15-17)24-11-4-12-25(14-13-24)22(27)20-7-3-10-23-20/h3,7-10,15,23H,1-2,4-6,11-14,16H2. The molecule has 0 saturated carbocycles. The first kappa shape index (κ1) is 17.8. The fourth-order valence-electron chi connectivity index (χ4n) is 4.19. The topological polar surface area (TPSA) is 56.4 Å². The fraction of sp³-hybridized carbons (Fsp3) is 0.455. The maximum atomic E-state index is 12.8. The summed E-state index contributed by atoms with van der Waals surface area (Å²) >= 11 is 0. The predicted octanol–water partition coefficient (Wildman–Crippen LogP) is 2.81. The van der Waals surface area contributed by atoms with Crippen LogP contribution in [0.1, 0.15) is 46.4 Å². The Kier molecular flexibility index (Phi) is 5.28. The molecule has 2 aromatic rings. The number of hydrogen-bond acceptors (Lipinski definition) is 2. The van der Waals surface area contributed by atoms with Gasteiger partial charge >= 0.3 is 0 Å². The number of fused-ring (bicyclic) bond motifs is 1. The molecule has 5 nitrogen and oxygen atoms in total. The van der Waals surface area contributed by atoms with Gasteiger partial charge in [0, 0.05) is 32.4 Å². The maximum Gasteiger partial charge on any atom is 0.270 e. The number of aromatic nitrogens is 1. The third kappa shape index (κ3) is 4.07. The number of aryl methyl sites for hydroxylation is 2. The molecule has 2 heterocycles. The lowest BCUT2D eigenvalue weighted by Gasteiger charge is -2.22. The van der Waals surface area contributed by atoms with E-state index in [4.69, 9.17) is 0 Å². The van der Waals surface area contributed by atoms with Crippen molar-refractivity contribution in [3.05, 3.63) is 58.9 Å². The zero-order chi connectivity index (χ0) is 18.6. The van der Waals surface area contributed by atoms with Crippen LogP contribution in [0.5, 0.6) is 0 Å². The quantitative estimate of drug-likeness (QED) is 0.909. The minimum atomic E-state index is 0.0176. The van der Waals surface area contributed by atoms with Gasteiger partial charge in [-0.1, -0.05) is 18.2 Å². The van der Waals surface area contributed by atoms with Gasteiger partial charge in [0.25, 0.3) is 5.91 Å². The zero-order valence-corrected chi connectivity index (χ0v) is 15.7. The van der Waals surface area contributed by atoms with E-state index in [2.05, 4.69) is 23.2 Å². The summed E-state index contributed by atoms with van der Waals surface area (Å²) in [5.41, 5.74) is 4.60. The second-order valence-electron chi connectivity index (χ2n) is 7.60. The van der Waals surface area contributed by atoms with Gasteiger partial charge in [0.05, 0.1) is 6.42 Å². The molecule has 27 heavy (non-hydrogen) atoms. The highest BCUT2D eigenvalue weighted by Gasteiger charge is 2.23. The van der Waals surface area contributed by atoms with Crippen LogP contribution in [0.3, 0.4) is 0 Å². The minimum Gasteiger partial charge on any atom is -0.357 e. The molecule has 0 unspecified atom stereocenters. The molecule has 0 atom stereocenters. The van der Waals surface area contributed by atoms with Gasteiger partial charge in [-0.2, -0.15) is 0 Å². The molecule has 1 aliphatic carbocycles. The molecule has 2 aliphatic rings. The second-order valence-corrected chi connectivity index (χ2v) is 7.60. The van der Waals surface area contributed by atoms with Gasteiger partial charge < -0.3 is 14.8 Å². The Balaban J connectivity index is 1.36. The predicted molar refractivity (Wildman–Crippen MR) is 105 cm³/mol. The monoisotopic (exact) mass is 365 g/mol. The van der Waals surface area contributed by atoms with E-state index in [0.29, 0.717) is 31.7 Å². The van der Waals surface area contributed by atoms with Crippen LogP contribution < -0.4 is 0 Å². The second kappa shape index (κ2) is 7.99. The van der Waals surface area contributed by atoms with E-state index in [0.717, 1.165) is 24.9 Å². The smallest absolute Gasteiger partial charge is 0.270 e. The van der Waals surface area contributed by atoms with Gasteiger partial charge in [0.1, 0.15) is 5.69 Å². The number of nitrogens with one attached hydrogen (secondary N) is 1. The van der Waals surface area contributed by atoms with Crippen molar-refractivity contribution in [2.45, 2.75) is 38.5 Å². The Bertz CT molecular complexity index is 813. The lowest BCUT2D eigenvalue weighted by molar-refractivity contribution is -0.130. The number of carbonyl (C=O) groups excluding carboxylic acids is 2. The van der Waals surface area contributed by atoms with Crippen molar-refractivity contribution in [3.63, 3.8) is 0 Å². The van der Waals surface area contributed by atoms with Crippen molar-refractivity contribution in [1.82, 2.24) is 14.8 Å². The lowest BCUT2D eigenvalue weighted by atomic mass is 9.90. The number of H-pyrrole nitrogens is 1. The van der Waals surface area contributed by atoms with Gasteiger partial charge in [0.15, 0.2) is 0 Å². The van der Waals surface area contributed by atoms with Crippen molar-refractivity contribution < 1.29 is 9.59 Å². The summed E-state index contributed by atoms with van der Waals surface area (Å²) in [7, 11) is 0. The van der Waals surface area contributed by atoms with Gasteiger partial charge in [-0.25, -0.2) is 0 Å². The average Bonchev–Trinajstić information content (AvgIpc) is 3.11. The van der Waals surface area contributed by atoms with Crippen molar-refractivity contribution in [2.24, 2.45) is 0 Å². The molecule has 1 N–H and O–H groups in total. The van der Waals surface area contributed by atoms with Crippen LogP contribution in [0.25, 0.3) is 0 Å². The molecule has 1 aliphatic heterocycles. The number of rotatable bonds is 3. The number of aromatic amines is 1. The summed E-state index contributed by atoms with van der Waals surface area (Å²) in [5, 5.41) is 0. The van der Waals surface area contributed by atoms with Crippen molar-refractivity contribution in [1.29, 1.82) is 0 Å². The van der Waals surface area contributed by atoms with Gasteiger partial charge in [-0.15, -0.1) is 0 Å². The molecule has 0 bridgehead atoms. The van der Waals surface area contributed by atoms with E-state index in [1.807, 2.05) is 15.9 Å². The van der Waals surface area contributed by atoms with Crippen molar-refractivity contribution >= 4 is 11.8 Å².